The summed E-state index contributed by atoms with van der Waals surface area (Å²) in [5.74, 6) is 1.55. The van der Waals surface area contributed by atoms with Crippen molar-refractivity contribution in [1.29, 1.82) is 0 Å². The Morgan fingerprint density at radius 2 is 2.24 bits per heavy atom. The molecule has 0 saturated heterocycles. The zero-order valence-corrected chi connectivity index (χ0v) is 14.5. The summed E-state index contributed by atoms with van der Waals surface area (Å²) in [6.07, 6.45) is 2.92. The van der Waals surface area contributed by atoms with Gasteiger partial charge in [0.25, 0.3) is 0 Å². The molecule has 112 valence electrons. The van der Waals surface area contributed by atoms with E-state index in [1.165, 1.54) is 4.68 Å². The highest BCUT2D eigenvalue weighted by Gasteiger charge is 2.20. The topological polar surface area (TPSA) is 49.0 Å². The molecule has 21 heavy (non-hydrogen) atoms. The number of nitrogens with zero attached hydrogens (tertiary/aromatic N) is 3. The monoisotopic (exact) mass is 419 g/mol. The van der Waals surface area contributed by atoms with Gasteiger partial charge in [0.1, 0.15) is 11.6 Å². The SMILES string of the molecule is CCOc1cc(-n2nc3n(c2=O)CCCC3)c(Cl)cc1I. The summed E-state index contributed by atoms with van der Waals surface area (Å²) >= 11 is 8.47. The van der Waals surface area contributed by atoms with Crippen LogP contribution >= 0.6 is 34.2 Å². The molecule has 1 aromatic heterocycles. The number of ether oxygens (including phenoxy) is 1. The second-order valence-electron chi connectivity index (χ2n) is 4.89. The molecule has 3 rings (SSSR count). The normalized spacial score (nSPS) is 14.0. The molecular formula is C14H15ClIN3O2. The van der Waals surface area contributed by atoms with Crippen LogP contribution < -0.4 is 10.4 Å². The van der Waals surface area contributed by atoms with Gasteiger partial charge in [-0.1, -0.05) is 11.6 Å². The summed E-state index contributed by atoms with van der Waals surface area (Å²) in [7, 11) is 0. The molecule has 1 aliphatic heterocycles. The highest BCUT2D eigenvalue weighted by atomic mass is 127. The lowest BCUT2D eigenvalue weighted by Crippen LogP contribution is -2.26. The summed E-state index contributed by atoms with van der Waals surface area (Å²) in [5, 5.41) is 4.94. The van der Waals surface area contributed by atoms with Crippen LogP contribution in [0.25, 0.3) is 5.69 Å². The first kappa shape index (κ1) is 14.9. The van der Waals surface area contributed by atoms with Crippen LogP contribution in [-0.2, 0) is 13.0 Å². The van der Waals surface area contributed by atoms with E-state index in [0.717, 1.165) is 41.0 Å². The number of aromatic nitrogens is 3. The van der Waals surface area contributed by atoms with Gasteiger partial charge in [-0.05, 0) is 48.4 Å². The Morgan fingerprint density at radius 3 is 2.95 bits per heavy atom. The first-order chi connectivity index (χ1) is 10.1. The summed E-state index contributed by atoms with van der Waals surface area (Å²) in [6, 6.07) is 3.58. The van der Waals surface area contributed by atoms with Gasteiger partial charge >= 0.3 is 5.69 Å². The van der Waals surface area contributed by atoms with E-state index in [9.17, 15) is 4.79 Å². The maximum atomic E-state index is 12.5. The lowest BCUT2D eigenvalue weighted by Gasteiger charge is -2.10. The van der Waals surface area contributed by atoms with E-state index >= 15 is 0 Å². The van der Waals surface area contributed by atoms with Gasteiger partial charge in [-0.2, -0.15) is 4.68 Å². The molecule has 0 saturated carbocycles. The Morgan fingerprint density at radius 1 is 1.43 bits per heavy atom. The van der Waals surface area contributed by atoms with Crippen molar-refractivity contribution < 1.29 is 4.74 Å². The Hall–Kier alpha value is -1.02. The number of halogens is 2. The molecule has 0 unspecified atom stereocenters. The van der Waals surface area contributed by atoms with E-state index in [4.69, 9.17) is 16.3 Å². The van der Waals surface area contributed by atoms with Crippen molar-refractivity contribution in [2.45, 2.75) is 32.7 Å². The molecule has 0 amide bonds. The minimum Gasteiger partial charge on any atom is -0.493 e. The van der Waals surface area contributed by atoms with Crippen molar-refractivity contribution in [1.82, 2.24) is 14.3 Å². The van der Waals surface area contributed by atoms with Crippen LogP contribution in [-0.4, -0.2) is 21.0 Å². The minimum absolute atomic E-state index is 0.129. The molecule has 0 aliphatic carbocycles. The van der Waals surface area contributed by atoms with Crippen LogP contribution in [0.15, 0.2) is 16.9 Å². The van der Waals surface area contributed by atoms with Gasteiger partial charge in [0, 0.05) is 19.0 Å². The van der Waals surface area contributed by atoms with E-state index in [0.29, 0.717) is 17.3 Å². The largest absolute Gasteiger partial charge is 0.493 e. The van der Waals surface area contributed by atoms with Crippen molar-refractivity contribution in [3.8, 4) is 11.4 Å². The number of aryl methyl sites for hydroxylation is 1. The summed E-state index contributed by atoms with van der Waals surface area (Å²) in [6.45, 7) is 3.21. The first-order valence-corrected chi connectivity index (χ1v) is 8.38. The van der Waals surface area contributed by atoms with Gasteiger partial charge in [0.15, 0.2) is 0 Å². The smallest absolute Gasteiger partial charge is 0.350 e. The summed E-state index contributed by atoms with van der Waals surface area (Å²) < 4.78 is 9.62. The fourth-order valence-corrected chi connectivity index (χ4v) is 3.55. The fraction of sp³-hybridized carbons (Fsp3) is 0.429. The zero-order valence-electron chi connectivity index (χ0n) is 11.6. The zero-order chi connectivity index (χ0) is 15.0. The van der Waals surface area contributed by atoms with Gasteiger partial charge in [0.2, 0.25) is 0 Å². The number of fused-ring (bicyclic) bond motifs is 1. The molecule has 0 radical (unpaired) electrons. The van der Waals surface area contributed by atoms with Crippen LogP contribution in [0, 0.1) is 3.57 Å². The van der Waals surface area contributed by atoms with Gasteiger partial charge in [0.05, 0.1) is 20.9 Å². The molecule has 2 aromatic rings. The molecule has 0 bridgehead atoms. The third-order valence-electron chi connectivity index (χ3n) is 3.50. The van der Waals surface area contributed by atoms with Crippen molar-refractivity contribution in [3.05, 3.63) is 37.0 Å². The summed E-state index contributed by atoms with van der Waals surface area (Å²) in [4.78, 5) is 12.5. The second kappa shape index (κ2) is 6.00. The van der Waals surface area contributed by atoms with Crippen LogP contribution in [0.4, 0.5) is 0 Å². The Labute approximate surface area is 141 Å². The highest BCUT2D eigenvalue weighted by Crippen LogP contribution is 2.30. The Kier molecular flexibility index (Phi) is 4.26. The Bertz CT molecular complexity index is 739. The van der Waals surface area contributed by atoms with Gasteiger partial charge in [-0.25, -0.2) is 4.79 Å². The van der Waals surface area contributed by atoms with E-state index in [-0.39, 0.29) is 5.69 Å². The predicted molar refractivity (Wildman–Crippen MR) is 89.7 cm³/mol. The average Bonchev–Trinajstić information content (AvgIpc) is 2.80. The lowest BCUT2D eigenvalue weighted by atomic mass is 10.2. The number of rotatable bonds is 3. The van der Waals surface area contributed by atoms with Crippen molar-refractivity contribution >= 4 is 34.2 Å². The molecule has 1 aliphatic rings. The minimum atomic E-state index is -0.129. The number of hydrogen-bond acceptors (Lipinski definition) is 3. The van der Waals surface area contributed by atoms with Gasteiger partial charge in [-0.15, -0.1) is 5.10 Å². The molecule has 2 heterocycles. The maximum absolute atomic E-state index is 12.5. The maximum Gasteiger partial charge on any atom is 0.350 e. The standard InChI is InChI=1S/C14H15ClIN3O2/c1-2-21-12-8-11(9(15)7-10(12)16)19-14(20)18-6-4-3-5-13(18)17-19/h7-8H,2-6H2,1H3. The molecule has 0 N–H and O–H groups in total. The van der Waals surface area contributed by atoms with Crippen molar-refractivity contribution in [2.75, 3.05) is 6.61 Å². The molecule has 1 aromatic carbocycles. The number of hydrogen-bond donors (Lipinski definition) is 0. The average molecular weight is 420 g/mol. The van der Waals surface area contributed by atoms with Crippen LogP contribution in [0.5, 0.6) is 5.75 Å². The van der Waals surface area contributed by atoms with E-state index in [1.807, 2.05) is 6.92 Å². The molecule has 0 fully saturated rings. The molecule has 7 heteroatoms. The molecular weight excluding hydrogens is 405 g/mol. The van der Waals surface area contributed by atoms with Gasteiger partial charge < -0.3 is 4.74 Å². The van der Waals surface area contributed by atoms with E-state index < -0.39 is 0 Å². The second-order valence-corrected chi connectivity index (χ2v) is 6.46. The van der Waals surface area contributed by atoms with Crippen LogP contribution in [0.3, 0.4) is 0 Å². The third kappa shape index (κ3) is 2.70. The van der Waals surface area contributed by atoms with Crippen LogP contribution in [0.1, 0.15) is 25.6 Å². The number of benzene rings is 1. The van der Waals surface area contributed by atoms with Crippen LogP contribution in [0.2, 0.25) is 5.02 Å². The first-order valence-electron chi connectivity index (χ1n) is 6.92. The van der Waals surface area contributed by atoms with Crippen molar-refractivity contribution in [3.63, 3.8) is 0 Å². The fourth-order valence-electron chi connectivity index (χ4n) is 2.50. The molecule has 0 spiro atoms. The van der Waals surface area contributed by atoms with Crippen molar-refractivity contribution in [2.24, 2.45) is 0 Å². The summed E-state index contributed by atoms with van der Waals surface area (Å²) in [5.41, 5.74) is 0.447. The predicted octanol–water partition coefficient (Wildman–Crippen LogP) is 3.03. The molecule has 0 atom stereocenters. The van der Waals surface area contributed by atoms with E-state index in [2.05, 4.69) is 27.7 Å². The van der Waals surface area contributed by atoms with Gasteiger partial charge in [-0.3, -0.25) is 4.57 Å². The quantitative estimate of drug-likeness (QED) is 0.719. The third-order valence-corrected chi connectivity index (χ3v) is 4.65. The Balaban J connectivity index is 2.14. The van der Waals surface area contributed by atoms with E-state index in [1.54, 1.807) is 16.7 Å². The lowest BCUT2D eigenvalue weighted by molar-refractivity contribution is 0.337. The molecule has 5 nitrogen and oxygen atoms in total. The highest BCUT2D eigenvalue weighted by molar-refractivity contribution is 14.1.